The second-order valence-corrected chi connectivity index (χ2v) is 4.96. The van der Waals surface area contributed by atoms with Gasteiger partial charge in [-0.1, -0.05) is 19.3 Å². The van der Waals surface area contributed by atoms with Crippen LogP contribution in [0.2, 0.25) is 0 Å². The zero-order valence-corrected chi connectivity index (χ0v) is 10.9. The third-order valence-corrected chi connectivity index (χ3v) is 3.56. The Bertz CT molecular complexity index is 424. The Morgan fingerprint density at radius 2 is 2.22 bits per heavy atom. The smallest absolute Gasteiger partial charge is 0.125 e. The summed E-state index contributed by atoms with van der Waals surface area (Å²) in [6.45, 7) is 2.62. The van der Waals surface area contributed by atoms with Gasteiger partial charge in [0.1, 0.15) is 5.82 Å². The Hall–Kier alpha value is -1.47. The summed E-state index contributed by atoms with van der Waals surface area (Å²) in [6.07, 6.45) is 7.57. The molecule has 0 spiro atoms. The van der Waals surface area contributed by atoms with Crippen molar-refractivity contribution in [2.24, 2.45) is 5.92 Å². The minimum atomic E-state index is 0.149. The molecule has 1 N–H and O–H groups in total. The Kier molecular flexibility index (Phi) is 4.66. The van der Waals surface area contributed by atoms with E-state index in [4.69, 9.17) is 0 Å². The first kappa shape index (κ1) is 13.0. The van der Waals surface area contributed by atoms with Gasteiger partial charge in [0.05, 0.1) is 17.7 Å². The first-order valence-corrected chi connectivity index (χ1v) is 6.71. The van der Waals surface area contributed by atoms with Gasteiger partial charge in [-0.25, -0.2) is 9.97 Å². The predicted octanol–water partition coefficient (Wildman–Crippen LogP) is 2.35. The number of aryl methyl sites for hydroxylation is 1. The highest BCUT2D eigenvalue weighted by Gasteiger charge is 2.22. The molecule has 1 aliphatic carbocycles. The molecule has 0 radical (unpaired) electrons. The molecule has 2 unspecified atom stereocenters. The number of hydrogen-bond donors (Lipinski definition) is 1. The van der Waals surface area contributed by atoms with Crippen LogP contribution < -0.4 is 5.32 Å². The molecule has 1 heterocycles. The van der Waals surface area contributed by atoms with Gasteiger partial charge < -0.3 is 5.32 Å². The van der Waals surface area contributed by atoms with E-state index in [1.807, 2.05) is 13.0 Å². The van der Waals surface area contributed by atoms with Crippen molar-refractivity contribution in [3.8, 4) is 6.07 Å². The number of nitriles is 1. The van der Waals surface area contributed by atoms with Gasteiger partial charge in [-0.05, 0) is 25.8 Å². The predicted molar refractivity (Wildman–Crippen MR) is 69.6 cm³/mol. The van der Waals surface area contributed by atoms with Crippen molar-refractivity contribution in [1.29, 1.82) is 5.26 Å². The summed E-state index contributed by atoms with van der Waals surface area (Å²) >= 11 is 0. The van der Waals surface area contributed by atoms with E-state index in [0.717, 1.165) is 30.9 Å². The maximum Gasteiger partial charge on any atom is 0.125 e. The van der Waals surface area contributed by atoms with Crippen molar-refractivity contribution in [2.75, 3.05) is 0 Å². The van der Waals surface area contributed by atoms with Crippen LogP contribution in [0.1, 0.15) is 43.6 Å². The fraction of sp³-hybridized carbons (Fsp3) is 0.643. The summed E-state index contributed by atoms with van der Waals surface area (Å²) in [5.74, 6) is 0.947. The van der Waals surface area contributed by atoms with Crippen LogP contribution in [0.3, 0.4) is 0 Å². The Morgan fingerprint density at radius 3 is 3.00 bits per heavy atom. The lowest BCUT2D eigenvalue weighted by Gasteiger charge is -2.20. The molecule has 1 aromatic rings. The third-order valence-electron chi connectivity index (χ3n) is 3.56. The third kappa shape index (κ3) is 3.51. The topological polar surface area (TPSA) is 61.6 Å². The molecule has 1 saturated carbocycles. The summed E-state index contributed by atoms with van der Waals surface area (Å²) in [7, 11) is 0. The largest absolute Gasteiger partial charge is 0.307 e. The zero-order chi connectivity index (χ0) is 12.8. The summed E-state index contributed by atoms with van der Waals surface area (Å²) in [4.78, 5) is 8.46. The molecule has 1 fully saturated rings. The molecule has 1 aromatic heterocycles. The molecule has 18 heavy (non-hydrogen) atoms. The van der Waals surface area contributed by atoms with Gasteiger partial charge in [0.25, 0.3) is 0 Å². The van der Waals surface area contributed by atoms with E-state index < -0.39 is 0 Å². The Labute approximate surface area is 108 Å². The van der Waals surface area contributed by atoms with Crippen molar-refractivity contribution < 1.29 is 0 Å². The van der Waals surface area contributed by atoms with Crippen LogP contribution >= 0.6 is 0 Å². The van der Waals surface area contributed by atoms with E-state index in [9.17, 15) is 5.26 Å². The van der Waals surface area contributed by atoms with Crippen LogP contribution in [0.5, 0.6) is 0 Å². The molecule has 2 atom stereocenters. The van der Waals surface area contributed by atoms with Crippen LogP contribution in [-0.4, -0.2) is 16.0 Å². The van der Waals surface area contributed by atoms with E-state index in [0.29, 0.717) is 6.04 Å². The molecule has 0 saturated heterocycles. The Balaban J connectivity index is 1.93. The van der Waals surface area contributed by atoms with Gasteiger partial charge in [0, 0.05) is 18.8 Å². The summed E-state index contributed by atoms with van der Waals surface area (Å²) in [5, 5.41) is 12.7. The summed E-state index contributed by atoms with van der Waals surface area (Å²) in [6, 6.07) is 4.69. The number of nitrogens with zero attached hydrogens (tertiary/aromatic N) is 3. The fourth-order valence-corrected chi connectivity index (χ4v) is 2.55. The number of aromatic nitrogens is 2. The average molecular weight is 244 g/mol. The first-order valence-electron chi connectivity index (χ1n) is 6.71. The molecule has 2 rings (SSSR count). The zero-order valence-electron chi connectivity index (χ0n) is 10.9. The molecule has 4 heteroatoms. The molecule has 0 bridgehead atoms. The first-order chi connectivity index (χ1) is 8.79. The van der Waals surface area contributed by atoms with Crippen LogP contribution in [0.25, 0.3) is 0 Å². The van der Waals surface area contributed by atoms with E-state index in [1.165, 1.54) is 19.3 Å². The van der Waals surface area contributed by atoms with Gasteiger partial charge in [-0.15, -0.1) is 0 Å². The van der Waals surface area contributed by atoms with Crippen LogP contribution in [0.4, 0.5) is 0 Å². The molecule has 0 aliphatic heterocycles. The standard InChI is InChI=1S/C14H20N4/c1-11-16-8-7-13(18-11)10-17-14-6-4-2-3-5-12(14)9-15/h7-8,12,14,17H,2-6,10H2,1H3. The van der Waals surface area contributed by atoms with Gasteiger partial charge in [-0.2, -0.15) is 5.26 Å². The SMILES string of the molecule is Cc1nccc(CNC2CCCCCC2C#N)n1. The van der Waals surface area contributed by atoms with Gasteiger partial charge in [0.15, 0.2) is 0 Å². The lowest BCUT2D eigenvalue weighted by atomic mass is 9.96. The number of rotatable bonds is 3. The lowest BCUT2D eigenvalue weighted by Crippen LogP contribution is -2.34. The van der Waals surface area contributed by atoms with Crippen LogP contribution in [0, 0.1) is 24.2 Å². The highest BCUT2D eigenvalue weighted by atomic mass is 15.0. The van der Waals surface area contributed by atoms with Crippen molar-refractivity contribution >= 4 is 0 Å². The van der Waals surface area contributed by atoms with Gasteiger partial charge >= 0.3 is 0 Å². The fourth-order valence-electron chi connectivity index (χ4n) is 2.55. The summed E-state index contributed by atoms with van der Waals surface area (Å²) in [5.41, 5.74) is 1.00. The molecule has 0 aromatic carbocycles. The molecule has 4 nitrogen and oxygen atoms in total. The molecular weight excluding hydrogens is 224 g/mol. The molecular formula is C14H20N4. The van der Waals surface area contributed by atoms with Crippen molar-refractivity contribution in [1.82, 2.24) is 15.3 Å². The highest BCUT2D eigenvalue weighted by molar-refractivity contribution is 5.02. The second-order valence-electron chi connectivity index (χ2n) is 4.96. The van der Waals surface area contributed by atoms with E-state index in [1.54, 1.807) is 6.20 Å². The maximum absolute atomic E-state index is 9.21. The summed E-state index contributed by atoms with van der Waals surface area (Å²) < 4.78 is 0. The van der Waals surface area contributed by atoms with E-state index >= 15 is 0 Å². The number of hydrogen-bond acceptors (Lipinski definition) is 4. The quantitative estimate of drug-likeness (QED) is 0.829. The second kappa shape index (κ2) is 6.46. The van der Waals surface area contributed by atoms with Gasteiger partial charge in [0.2, 0.25) is 0 Å². The molecule has 1 aliphatic rings. The normalized spacial score (nSPS) is 24.2. The van der Waals surface area contributed by atoms with E-state index in [2.05, 4.69) is 21.4 Å². The van der Waals surface area contributed by atoms with Crippen molar-refractivity contribution in [3.05, 3.63) is 23.8 Å². The maximum atomic E-state index is 9.21. The molecule has 96 valence electrons. The van der Waals surface area contributed by atoms with Crippen molar-refractivity contribution in [2.45, 2.75) is 51.6 Å². The minimum Gasteiger partial charge on any atom is -0.307 e. The van der Waals surface area contributed by atoms with Gasteiger partial charge in [-0.3, -0.25) is 0 Å². The van der Waals surface area contributed by atoms with E-state index in [-0.39, 0.29) is 5.92 Å². The van der Waals surface area contributed by atoms with Crippen molar-refractivity contribution in [3.63, 3.8) is 0 Å². The average Bonchev–Trinajstić information content (AvgIpc) is 2.61. The molecule has 0 amide bonds. The monoisotopic (exact) mass is 244 g/mol. The Morgan fingerprint density at radius 1 is 1.39 bits per heavy atom. The minimum absolute atomic E-state index is 0.149. The van der Waals surface area contributed by atoms with Crippen LogP contribution in [-0.2, 0) is 6.54 Å². The lowest BCUT2D eigenvalue weighted by molar-refractivity contribution is 0.391. The highest BCUT2D eigenvalue weighted by Crippen LogP contribution is 2.23. The van der Waals surface area contributed by atoms with Crippen LogP contribution in [0.15, 0.2) is 12.3 Å². The number of nitrogens with one attached hydrogen (secondary N) is 1.